The molecule has 162 valence electrons. The van der Waals surface area contributed by atoms with Crippen LogP contribution in [0.3, 0.4) is 0 Å². The Kier molecular flexibility index (Phi) is 5.12. The van der Waals surface area contributed by atoms with E-state index in [9.17, 15) is 23.2 Å². The monoisotopic (exact) mass is 429 g/mol. The van der Waals surface area contributed by atoms with E-state index < -0.39 is 41.6 Å². The van der Waals surface area contributed by atoms with Gasteiger partial charge in [-0.15, -0.1) is 0 Å². The number of methoxy groups -OCH3 is 1. The molecule has 2 aromatic carbocycles. The number of benzene rings is 2. The third-order valence-electron chi connectivity index (χ3n) is 5.74. The number of carbonyl (C=O) groups is 3. The molecule has 1 fully saturated rings. The molecule has 1 N–H and O–H groups in total. The maximum atomic E-state index is 14.4. The molecule has 0 saturated carbocycles. The normalized spacial score (nSPS) is 20.5. The molecule has 9 heteroatoms. The molecule has 2 aliphatic heterocycles. The average molecular weight is 429 g/mol. The van der Waals surface area contributed by atoms with Crippen molar-refractivity contribution in [2.75, 3.05) is 25.1 Å². The average Bonchev–Trinajstić information content (AvgIpc) is 2.97. The quantitative estimate of drug-likeness (QED) is 0.758. The van der Waals surface area contributed by atoms with Crippen molar-refractivity contribution in [3.05, 3.63) is 59.2 Å². The Hall–Kier alpha value is -3.49. The largest absolute Gasteiger partial charge is 0.497 e. The molecule has 0 bridgehead atoms. The van der Waals surface area contributed by atoms with Crippen LogP contribution in [-0.4, -0.2) is 42.9 Å². The predicted octanol–water partition coefficient (Wildman–Crippen LogP) is 2.72. The summed E-state index contributed by atoms with van der Waals surface area (Å²) in [6.45, 7) is 1.22. The van der Waals surface area contributed by atoms with Gasteiger partial charge in [-0.2, -0.15) is 0 Å². The van der Waals surface area contributed by atoms with Crippen molar-refractivity contribution in [2.24, 2.45) is 0 Å². The van der Waals surface area contributed by atoms with Gasteiger partial charge in [0.15, 0.2) is 0 Å². The minimum Gasteiger partial charge on any atom is -0.497 e. The fourth-order valence-electron chi connectivity index (χ4n) is 4.08. The highest BCUT2D eigenvalue weighted by molar-refractivity contribution is 6.10. The van der Waals surface area contributed by atoms with E-state index in [0.29, 0.717) is 29.7 Å². The number of halogens is 2. The number of amides is 4. The summed E-state index contributed by atoms with van der Waals surface area (Å²) >= 11 is 0. The molecule has 0 spiro atoms. The van der Waals surface area contributed by atoms with E-state index in [1.165, 1.54) is 18.1 Å². The number of hydrogen-bond acceptors (Lipinski definition) is 4. The van der Waals surface area contributed by atoms with Gasteiger partial charge in [0, 0.05) is 12.6 Å². The molecular weight excluding hydrogens is 408 g/mol. The summed E-state index contributed by atoms with van der Waals surface area (Å²) in [7, 11) is 1.52. The molecule has 31 heavy (non-hydrogen) atoms. The molecule has 2 heterocycles. The van der Waals surface area contributed by atoms with Crippen molar-refractivity contribution >= 4 is 23.5 Å². The fraction of sp³-hybridized carbons (Fsp3) is 0.318. The van der Waals surface area contributed by atoms with Crippen LogP contribution in [0.2, 0.25) is 0 Å². The topological polar surface area (TPSA) is 79.0 Å². The fourth-order valence-corrected chi connectivity index (χ4v) is 4.08. The van der Waals surface area contributed by atoms with Gasteiger partial charge in [0.05, 0.1) is 12.8 Å². The number of imide groups is 1. The van der Waals surface area contributed by atoms with Gasteiger partial charge >= 0.3 is 6.03 Å². The summed E-state index contributed by atoms with van der Waals surface area (Å²) in [6.07, 6.45) is 0.956. The van der Waals surface area contributed by atoms with E-state index in [1.54, 1.807) is 31.2 Å². The van der Waals surface area contributed by atoms with Crippen LogP contribution >= 0.6 is 0 Å². The van der Waals surface area contributed by atoms with E-state index >= 15 is 0 Å². The van der Waals surface area contributed by atoms with Gasteiger partial charge in [-0.25, -0.2) is 13.6 Å². The minimum atomic E-state index is -1.35. The van der Waals surface area contributed by atoms with Crippen molar-refractivity contribution < 1.29 is 27.9 Å². The molecule has 0 aromatic heterocycles. The molecule has 2 aliphatic rings. The van der Waals surface area contributed by atoms with Crippen LogP contribution in [0.5, 0.6) is 5.75 Å². The third kappa shape index (κ3) is 3.49. The first-order valence-electron chi connectivity index (χ1n) is 9.81. The Morgan fingerprint density at radius 1 is 1.19 bits per heavy atom. The predicted molar refractivity (Wildman–Crippen MR) is 108 cm³/mol. The maximum absolute atomic E-state index is 14.4. The second-order valence-corrected chi connectivity index (χ2v) is 7.72. The standard InChI is InChI=1S/C22H21F2N3O4/c1-22(14-5-7-16(31-2)8-6-14)20(29)27(21(30)25-22)12-18(28)26-9-3-4-13-10-15(23)11-17(24)19(13)26/h5-8,10-11H,3-4,9,12H2,1-2H3,(H,25,30). The number of aryl methyl sites for hydroxylation is 1. The van der Waals surface area contributed by atoms with Gasteiger partial charge in [0.1, 0.15) is 29.5 Å². The molecule has 4 rings (SSSR count). The first-order valence-corrected chi connectivity index (χ1v) is 9.81. The van der Waals surface area contributed by atoms with Gasteiger partial charge < -0.3 is 15.0 Å². The number of fused-ring (bicyclic) bond motifs is 1. The maximum Gasteiger partial charge on any atom is 0.325 e. The van der Waals surface area contributed by atoms with Crippen molar-refractivity contribution in [1.82, 2.24) is 10.2 Å². The number of hydrogen-bond donors (Lipinski definition) is 1. The lowest BCUT2D eigenvalue weighted by molar-refractivity contribution is -0.134. The van der Waals surface area contributed by atoms with Crippen LogP contribution in [0.15, 0.2) is 36.4 Å². The SMILES string of the molecule is COc1ccc(C2(C)NC(=O)N(CC(=O)N3CCCc4cc(F)cc(F)c43)C2=O)cc1. The lowest BCUT2D eigenvalue weighted by Gasteiger charge is -2.31. The second-order valence-electron chi connectivity index (χ2n) is 7.72. The van der Waals surface area contributed by atoms with Crippen molar-refractivity contribution in [3.63, 3.8) is 0 Å². The highest BCUT2D eigenvalue weighted by Gasteiger charge is 2.50. The summed E-state index contributed by atoms with van der Waals surface area (Å²) in [5.74, 6) is -2.17. The molecule has 0 aliphatic carbocycles. The molecule has 7 nitrogen and oxygen atoms in total. The van der Waals surface area contributed by atoms with Gasteiger partial charge in [0.25, 0.3) is 5.91 Å². The third-order valence-corrected chi connectivity index (χ3v) is 5.74. The smallest absolute Gasteiger partial charge is 0.325 e. The Morgan fingerprint density at radius 2 is 1.90 bits per heavy atom. The van der Waals surface area contributed by atoms with Crippen LogP contribution in [0.25, 0.3) is 0 Å². The number of nitrogens with one attached hydrogen (secondary N) is 1. The van der Waals surface area contributed by atoms with Gasteiger partial charge in [0.2, 0.25) is 5.91 Å². The van der Waals surface area contributed by atoms with Crippen LogP contribution < -0.4 is 15.0 Å². The minimum absolute atomic E-state index is 0.00243. The van der Waals surface area contributed by atoms with Crippen LogP contribution in [0.1, 0.15) is 24.5 Å². The summed E-state index contributed by atoms with van der Waals surface area (Å²) < 4.78 is 33.1. The zero-order valence-electron chi connectivity index (χ0n) is 17.1. The Balaban J connectivity index is 1.57. The summed E-state index contributed by atoms with van der Waals surface area (Å²) in [5.41, 5.74) is -0.427. The number of urea groups is 1. The van der Waals surface area contributed by atoms with Crippen molar-refractivity contribution in [3.8, 4) is 5.75 Å². The van der Waals surface area contributed by atoms with E-state index in [1.807, 2.05) is 0 Å². The number of carbonyl (C=O) groups excluding carboxylic acids is 3. The number of rotatable bonds is 4. The van der Waals surface area contributed by atoms with Gasteiger partial charge in [-0.1, -0.05) is 12.1 Å². The number of ether oxygens (including phenoxy) is 1. The van der Waals surface area contributed by atoms with Gasteiger partial charge in [-0.05, 0) is 49.1 Å². The molecular formula is C22H21F2N3O4. The zero-order valence-corrected chi connectivity index (χ0v) is 17.1. The highest BCUT2D eigenvalue weighted by Crippen LogP contribution is 2.33. The second kappa shape index (κ2) is 7.64. The summed E-state index contributed by atoms with van der Waals surface area (Å²) in [6, 6.07) is 7.86. The lowest BCUT2D eigenvalue weighted by Crippen LogP contribution is -2.46. The highest BCUT2D eigenvalue weighted by atomic mass is 19.1. The molecule has 1 unspecified atom stereocenters. The molecule has 1 saturated heterocycles. The van der Waals surface area contributed by atoms with Crippen LogP contribution in [0.4, 0.5) is 19.3 Å². The van der Waals surface area contributed by atoms with E-state index in [4.69, 9.17) is 4.74 Å². The molecule has 2 aromatic rings. The van der Waals surface area contributed by atoms with Gasteiger partial charge in [-0.3, -0.25) is 14.5 Å². The summed E-state index contributed by atoms with van der Waals surface area (Å²) in [4.78, 5) is 40.6. The Labute approximate surface area is 177 Å². The molecule has 1 atom stereocenters. The first-order chi connectivity index (χ1) is 14.7. The Bertz CT molecular complexity index is 1070. The van der Waals surface area contributed by atoms with Crippen molar-refractivity contribution in [1.29, 1.82) is 0 Å². The van der Waals surface area contributed by atoms with E-state index in [2.05, 4.69) is 5.32 Å². The molecule has 0 radical (unpaired) electrons. The zero-order chi connectivity index (χ0) is 22.3. The van der Waals surface area contributed by atoms with E-state index in [0.717, 1.165) is 11.0 Å². The lowest BCUT2D eigenvalue weighted by atomic mass is 9.92. The molecule has 4 amide bonds. The van der Waals surface area contributed by atoms with Crippen LogP contribution in [0, 0.1) is 11.6 Å². The van der Waals surface area contributed by atoms with E-state index in [-0.39, 0.29) is 12.2 Å². The number of nitrogens with zero attached hydrogens (tertiary/aromatic N) is 2. The first kappa shape index (κ1) is 20.8. The number of anilines is 1. The van der Waals surface area contributed by atoms with Crippen LogP contribution in [-0.2, 0) is 21.5 Å². The Morgan fingerprint density at radius 3 is 2.58 bits per heavy atom. The van der Waals surface area contributed by atoms with Crippen molar-refractivity contribution in [2.45, 2.75) is 25.3 Å². The summed E-state index contributed by atoms with van der Waals surface area (Å²) in [5, 5.41) is 2.63.